The monoisotopic (exact) mass is 370 g/mol. The molecule has 3 nitrogen and oxygen atoms in total. The molecule has 0 bridgehead atoms. The molecule has 0 radical (unpaired) electrons. The topological polar surface area (TPSA) is 32.3 Å². The summed E-state index contributed by atoms with van der Waals surface area (Å²) in [6.45, 7) is 4.65. The molecule has 130 valence electrons. The Kier molecular flexibility index (Phi) is 6.39. The molecule has 0 saturated heterocycles. The van der Waals surface area contributed by atoms with Gasteiger partial charge in [0.25, 0.3) is 0 Å². The van der Waals surface area contributed by atoms with E-state index in [1.165, 1.54) is 20.9 Å². The number of nitrogens with one attached hydrogen (secondary N) is 1. The summed E-state index contributed by atoms with van der Waals surface area (Å²) in [5.41, 5.74) is 2.37. The Balaban J connectivity index is 1.58. The third-order valence-corrected chi connectivity index (χ3v) is 5.75. The smallest absolute Gasteiger partial charge is 0.234 e. The van der Waals surface area contributed by atoms with E-state index in [2.05, 4.69) is 64.3 Å². The molecule has 0 aliphatic heterocycles. The first kappa shape index (κ1) is 17.9. The predicted molar refractivity (Wildman–Crippen MR) is 106 cm³/mol. The van der Waals surface area contributed by atoms with E-state index in [4.69, 9.17) is 0 Å². The maximum atomic E-state index is 12.4. The number of thiophene rings is 2. The molecule has 1 aromatic carbocycles. The Bertz CT molecular complexity index is 746. The Morgan fingerprint density at radius 2 is 1.60 bits per heavy atom. The van der Waals surface area contributed by atoms with Crippen LogP contribution in [-0.4, -0.2) is 17.4 Å². The van der Waals surface area contributed by atoms with Crippen molar-refractivity contribution in [3.63, 3.8) is 0 Å². The number of aryl methyl sites for hydroxylation is 1. The van der Waals surface area contributed by atoms with Gasteiger partial charge in [-0.25, -0.2) is 0 Å². The second kappa shape index (κ2) is 8.94. The summed E-state index contributed by atoms with van der Waals surface area (Å²) in [5.74, 6) is 0.0661. The molecular weight excluding hydrogens is 348 g/mol. The maximum absolute atomic E-state index is 12.4. The second-order valence-corrected chi connectivity index (χ2v) is 8.07. The molecule has 3 aromatic rings. The number of nitrogens with zero attached hydrogens (tertiary/aromatic N) is 1. The summed E-state index contributed by atoms with van der Waals surface area (Å²) in [6, 6.07) is 16.5. The average Bonchev–Trinajstić information content (AvgIpc) is 3.28. The Labute approximate surface area is 156 Å². The van der Waals surface area contributed by atoms with Crippen LogP contribution in [0.5, 0.6) is 0 Å². The molecule has 0 fully saturated rings. The largest absolute Gasteiger partial charge is 0.351 e. The summed E-state index contributed by atoms with van der Waals surface area (Å²) in [6.07, 6.45) is 0. The molecule has 1 amide bonds. The van der Waals surface area contributed by atoms with Gasteiger partial charge >= 0.3 is 0 Å². The van der Waals surface area contributed by atoms with E-state index >= 15 is 0 Å². The van der Waals surface area contributed by atoms with Gasteiger partial charge in [-0.1, -0.05) is 36.4 Å². The van der Waals surface area contributed by atoms with Crippen molar-refractivity contribution < 1.29 is 4.79 Å². The van der Waals surface area contributed by atoms with Crippen molar-refractivity contribution in [2.24, 2.45) is 0 Å². The first-order valence-electron chi connectivity index (χ1n) is 8.29. The highest BCUT2D eigenvalue weighted by Gasteiger charge is 2.13. The minimum Gasteiger partial charge on any atom is -0.351 e. The van der Waals surface area contributed by atoms with E-state index in [-0.39, 0.29) is 5.91 Å². The first-order chi connectivity index (χ1) is 12.2. The summed E-state index contributed by atoms with van der Waals surface area (Å²) < 4.78 is 0. The zero-order chi connectivity index (χ0) is 17.5. The van der Waals surface area contributed by atoms with Gasteiger partial charge in [-0.05, 0) is 40.9 Å². The van der Waals surface area contributed by atoms with Gasteiger partial charge in [0, 0.05) is 29.4 Å². The van der Waals surface area contributed by atoms with Crippen molar-refractivity contribution in [1.29, 1.82) is 0 Å². The van der Waals surface area contributed by atoms with Crippen LogP contribution in [0.2, 0.25) is 0 Å². The van der Waals surface area contributed by atoms with Crippen LogP contribution in [0.15, 0.2) is 59.3 Å². The van der Waals surface area contributed by atoms with E-state index in [0.29, 0.717) is 13.1 Å². The molecule has 5 heteroatoms. The van der Waals surface area contributed by atoms with Crippen molar-refractivity contribution in [2.75, 3.05) is 6.54 Å². The van der Waals surface area contributed by atoms with Gasteiger partial charge in [0.1, 0.15) is 0 Å². The summed E-state index contributed by atoms with van der Waals surface area (Å²) in [7, 11) is 0. The summed E-state index contributed by atoms with van der Waals surface area (Å²) in [4.78, 5) is 17.2. The lowest BCUT2D eigenvalue weighted by Crippen LogP contribution is -2.36. The van der Waals surface area contributed by atoms with Crippen LogP contribution in [0.25, 0.3) is 0 Å². The lowest BCUT2D eigenvalue weighted by molar-refractivity contribution is -0.122. The number of carbonyl (C=O) groups excluding carboxylic acids is 1. The van der Waals surface area contributed by atoms with Crippen LogP contribution in [-0.2, 0) is 24.4 Å². The second-order valence-electron chi connectivity index (χ2n) is 6.01. The minimum absolute atomic E-state index is 0.0661. The fourth-order valence-electron chi connectivity index (χ4n) is 2.67. The van der Waals surface area contributed by atoms with Crippen LogP contribution in [0.4, 0.5) is 0 Å². The fraction of sp³-hybridized carbons (Fsp3) is 0.250. The predicted octanol–water partition coefficient (Wildman–Crippen LogP) is 4.44. The van der Waals surface area contributed by atoms with Crippen LogP contribution >= 0.6 is 22.7 Å². The van der Waals surface area contributed by atoms with E-state index < -0.39 is 0 Å². The van der Waals surface area contributed by atoms with Gasteiger partial charge in [0.15, 0.2) is 0 Å². The van der Waals surface area contributed by atoms with Crippen LogP contribution < -0.4 is 5.32 Å². The average molecular weight is 371 g/mol. The molecule has 1 N–H and O–H groups in total. The minimum atomic E-state index is 0.0661. The highest BCUT2D eigenvalue weighted by molar-refractivity contribution is 7.10. The quantitative estimate of drug-likeness (QED) is 0.636. The molecule has 0 unspecified atom stereocenters. The molecule has 0 aliphatic rings. The summed E-state index contributed by atoms with van der Waals surface area (Å²) in [5, 5.41) is 7.22. The zero-order valence-corrected chi connectivity index (χ0v) is 15.9. The lowest BCUT2D eigenvalue weighted by atomic mass is 10.1. The molecule has 0 atom stereocenters. The van der Waals surface area contributed by atoms with Gasteiger partial charge in [-0.3, -0.25) is 9.69 Å². The number of carbonyl (C=O) groups is 1. The van der Waals surface area contributed by atoms with Crippen molar-refractivity contribution in [2.45, 2.75) is 26.6 Å². The van der Waals surface area contributed by atoms with Gasteiger partial charge in [-0.2, -0.15) is 0 Å². The van der Waals surface area contributed by atoms with Crippen molar-refractivity contribution in [3.05, 3.63) is 80.2 Å². The van der Waals surface area contributed by atoms with Crippen molar-refractivity contribution in [3.8, 4) is 0 Å². The SMILES string of the molecule is Cc1ccccc1CNC(=O)CN(Cc1cccs1)Cc1cccs1. The van der Waals surface area contributed by atoms with Gasteiger partial charge < -0.3 is 5.32 Å². The zero-order valence-electron chi connectivity index (χ0n) is 14.3. The fourth-order valence-corrected chi connectivity index (χ4v) is 4.17. The third-order valence-electron chi connectivity index (χ3n) is 4.02. The number of rotatable bonds is 8. The van der Waals surface area contributed by atoms with Crippen LogP contribution in [0, 0.1) is 6.92 Å². The first-order valence-corrected chi connectivity index (χ1v) is 10.0. The molecule has 2 aromatic heterocycles. The highest BCUT2D eigenvalue weighted by atomic mass is 32.1. The Hall–Kier alpha value is -1.95. The highest BCUT2D eigenvalue weighted by Crippen LogP contribution is 2.17. The molecule has 0 aliphatic carbocycles. The summed E-state index contributed by atoms with van der Waals surface area (Å²) >= 11 is 3.47. The molecule has 0 spiro atoms. The number of hydrogen-bond acceptors (Lipinski definition) is 4. The number of benzene rings is 1. The van der Waals surface area contributed by atoms with E-state index in [1.807, 2.05) is 12.1 Å². The standard InChI is InChI=1S/C20H22N2OS2/c1-16-6-2-3-7-17(16)12-21-20(23)15-22(13-18-8-4-10-24-18)14-19-9-5-11-25-19/h2-11H,12-15H2,1H3,(H,21,23). The Morgan fingerprint density at radius 3 is 2.16 bits per heavy atom. The van der Waals surface area contributed by atoms with Crippen LogP contribution in [0.3, 0.4) is 0 Å². The third kappa shape index (κ3) is 5.53. The van der Waals surface area contributed by atoms with Gasteiger partial charge in [0.05, 0.1) is 6.54 Å². The molecule has 3 rings (SSSR count). The van der Waals surface area contributed by atoms with Gasteiger partial charge in [-0.15, -0.1) is 22.7 Å². The number of amides is 1. The van der Waals surface area contributed by atoms with Crippen molar-refractivity contribution >= 4 is 28.6 Å². The molecule has 25 heavy (non-hydrogen) atoms. The van der Waals surface area contributed by atoms with Gasteiger partial charge in [0.2, 0.25) is 5.91 Å². The maximum Gasteiger partial charge on any atom is 0.234 e. The van der Waals surface area contributed by atoms with E-state index in [1.54, 1.807) is 22.7 Å². The molecule has 2 heterocycles. The lowest BCUT2D eigenvalue weighted by Gasteiger charge is -2.20. The molecular formula is C20H22N2OS2. The molecule has 0 saturated carbocycles. The van der Waals surface area contributed by atoms with Crippen molar-refractivity contribution in [1.82, 2.24) is 10.2 Å². The normalized spacial score (nSPS) is 11.0. The Morgan fingerprint density at radius 1 is 0.960 bits per heavy atom. The van der Waals surface area contributed by atoms with E-state index in [9.17, 15) is 4.79 Å². The van der Waals surface area contributed by atoms with Crippen LogP contribution in [0.1, 0.15) is 20.9 Å². The van der Waals surface area contributed by atoms with E-state index in [0.717, 1.165) is 13.1 Å². The number of hydrogen-bond donors (Lipinski definition) is 1.